The third kappa shape index (κ3) is 39.3. The Morgan fingerprint density at radius 2 is 0.721 bits per heavy atom. The van der Waals surface area contributed by atoms with Crippen molar-refractivity contribution in [3.8, 4) is 0 Å². The number of rotatable bonds is 50. The number of carbonyl (C=O) groups excluding carboxylic acids is 3. The molecule has 0 spiro atoms. The van der Waals surface area contributed by atoms with Crippen LogP contribution in [0.4, 0.5) is 0 Å². The van der Waals surface area contributed by atoms with Crippen LogP contribution >= 0.6 is 0 Å². The van der Waals surface area contributed by atoms with Crippen molar-refractivity contribution in [1.82, 2.24) is 0 Å². The molecule has 0 aromatic heterocycles. The van der Waals surface area contributed by atoms with Crippen LogP contribution in [-0.4, -0.2) is 60.6 Å². The van der Waals surface area contributed by atoms with Gasteiger partial charge in [0, 0.05) is 19.3 Å². The van der Waals surface area contributed by atoms with Crippen LogP contribution in [0.3, 0.4) is 0 Å². The number of hydrogen-bond donors (Lipinski definition) is 1. The maximum Gasteiger partial charge on any atom is 0.306 e. The van der Waals surface area contributed by atoms with Crippen molar-refractivity contribution in [1.29, 1.82) is 0 Å². The zero-order valence-corrected chi connectivity index (χ0v) is 44.7. The molecule has 1 aliphatic rings. The summed E-state index contributed by atoms with van der Waals surface area (Å²) < 4.78 is 23.6. The number of carbonyl (C=O) groups is 3. The van der Waals surface area contributed by atoms with Gasteiger partial charge in [-0.25, -0.2) is 0 Å². The zero-order valence-electron chi connectivity index (χ0n) is 44.7. The molecule has 1 fully saturated rings. The van der Waals surface area contributed by atoms with Crippen LogP contribution in [0.25, 0.3) is 0 Å². The SMILES string of the molecule is CCCCCCCC/C=C\CCCCCCCC(=O)O[C@@H]1[C@H]([C@H](CO)OC(=O)CCCCCCC/C=C\CCCCCCCC)OC[C@H]1OC(=O)CCCCCCC/C=C\CCCCCCCC. The van der Waals surface area contributed by atoms with Gasteiger partial charge in [0.15, 0.2) is 18.3 Å². The van der Waals surface area contributed by atoms with Crippen LogP contribution in [0.2, 0.25) is 0 Å². The van der Waals surface area contributed by atoms with E-state index in [2.05, 4.69) is 57.2 Å². The molecule has 0 amide bonds. The summed E-state index contributed by atoms with van der Waals surface area (Å²) in [5.41, 5.74) is 0. The maximum absolute atomic E-state index is 13.2. The van der Waals surface area contributed by atoms with Gasteiger partial charge < -0.3 is 24.1 Å². The molecule has 68 heavy (non-hydrogen) atoms. The summed E-state index contributed by atoms with van der Waals surface area (Å²) >= 11 is 0. The molecule has 0 unspecified atom stereocenters. The molecule has 0 aromatic rings. The van der Waals surface area contributed by atoms with Crippen LogP contribution in [-0.2, 0) is 33.3 Å². The van der Waals surface area contributed by atoms with E-state index in [1.165, 1.54) is 135 Å². The molecule has 0 aromatic carbocycles. The molecular weight excluding hydrogens is 849 g/mol. The Morgan fingerprint density at radius 1 is 0.426 bits per heavy atom. The number of unbranched alkanes of at least 4 members (excludes halogenated alkanes) is 33. The van der Waals surface area contributed by atoms with Gasteiger partial charge in [-0.05, 0) is 96.3 Å². The lowest BCUT2D eigenvalue weighted by Gasteiger charge is -2.28. The average molecular weight is 958 g/mol. The number of allylic oxidation sites excluding steroid dienone is 6. The molecular formula is C60H108O8. The predicted octanol–water partition coefficient (Wildman–Crippen LogP) is 17.2. The molecule has 1 N–H and O–H groups in total. The quantitative estimate of drug-likeness (QED) is 0.0278. The van der Waals surface area contributed by atoms with Gasteiger partial charge in [0.05, 0.1) is 13.2 Å². The fourth-order valence-electron chi connectivity index (χ4n) is 9.06. The largest absolute Gasteiger partial charge is 0.457 e. The summed E-state index contributed by atoms with van der Waals surface area (Å²) in [6.45, 7) is 6.30. The first-order chi connectivity index (χ1) is 33.5. The number of esters is 3. The Bertz CT molecular complexity index is 1230. The highest BCUT2D eigenvalue weighted by Crippen LogP contribution is 2.27. The van der Waals surface area contributed by atoms with Crippen molar-refractivity contribution >= 4 is 17.9 Å². The summed E-state index contributed by atoms with van der Waals surface area (Å²) in [6.07, 6.45) is 56.9. The molecule has 0 aliphatic carbocycles. The maximum atomic E-state index is 13.2. The molecule has 4 atom stereocenters. The summed E-state index contributed by atoms with van der Waals surface area (Å²) in [4.78, 5) is 39.3. The highest BCUT2D eigenvalue weighted by Gasteiger charge is 2.47. The molecule has 0 radical (unpaired) electrons. The second-order valence-electron chi connectivity index (χ2n) is 20.0. The van der Waals surface area contributed by atoms with E-state index in [4.69, 9.17) is 18.9 Å². The molecule has 1 heterocycles. The van der Waals surface area contributed by atoms with Gasteiger partial charge in [-0.3, -0.25) is 14.4 Å². The Balaban J connectivity index is 2.51. The van der Waals surface area contributed by atoms with Crippen LogP contribution in [0.15, 0.2) is 36.5 Å². The van der Waals surface area contributed by atoms with E-state index in [-0.39, 0.29) is 31.8 Å². The number of ether oxygens (including phenoxy) is 4. The van der Waals surface area contributed by atoms with E-state index in [0.29, 0.717) is 12.8 Å². The van der Waals surface area contributed by atoms with Crippen LogP contribution in [0.1, 0.15) is 290 Å². The monoisotopic (exact) mass is 957 g/mol. The lowest BCUT2D eigenvalue weighted by Crippen LogP contribution is -2.46. The number of aliphatic hydroxyl groups is 1. The van der Waals surface area contributed by atoms with E-state index >= 15 is 0 Å². The minimum Gasteiger partial charge on any atom is -0.457 e. The smallest absolute Gasteiger partial charge is 0.306 e. The van der Waals surface area contributed by atoms with Crippen molar-refractivity contribution < 1.29 is 38.4 Å². The molecule has 0 saturated carbocycles. The molecule has 8 nitrogen and oxygen atoms in total. The fourth-order valence-corrected chi connectivity index (χ4v) is 9.06. The van der Waals surface area contributed by atoms with Crippen LogP contribution in [0.5, 0.6) is 0 Å². The van der Waals surface area contributed by atoms with Gasteiger partial charge in [0.2, 0.25) is 0 Å². The highest BCUT2D eigenvalue weighted by molar-refractivity contribution is 5.71. The molecule has 1 aliphatic heterocycles. The fraction of sp³-hybridized carbons (Fsp3) is 0.850. The van der Waals surface area contributed by atoms with Gasteiger partial charge >= 0.3 is 17.9 Å². The van der Waals surface area contributed by atoms with Gasteiger partial charge in [-0.2, -0.15) is 0 Å². The first-order valence-electron chi connectivity index (χ1n) is 29.2. The third-order valence-corrected chi connectivity index (χ3v) is 13.5. The van der Waals surface area contributed by atoms with Crippen LogP contribution < -0.4 is 0 Å². The normalized spacial score (nSPS) is 16.7. The topological polar surface area (TPSA) is 108 Å². The van der Waals surface area contributed by atoms with Crippen LogP contribution in [0, 0.1) is 0 Å². The minimum atomic E-state index is -1.03. The standard InChI is InChI=1S/C60H108O8/c1-4-7-10-13-16-19-22-25-28-31-34-37-40-43-46-49-56(62)66-54(52-61)59-60(68-58(64)51-48-45-42-39-36-33-30-27-24-21-18-15-12-9-6-3)55(53-65-59)67-57(63)50-47-44-41-38-35-32-29-26-23-20-17-14-11-8-5-2/h25-30,54-55,59-61H,4-24,31-53H2,1-3H3/b28-25-,29-26-,30-27-/t54-,55+,59-,60-/m0/s1. The molecule has 1 saturated heterocycles. The van der Waals surface area contributed by atoms with E-state index in [9.17, 15) is 19.5 Å². The molecule has 396 valence electrons. The van der Waals surface area contributed by atoms with Crippen molar-refractivity contribution in [3.63, 3.8) is 0 Å². The van der Waals surface area contributed by atoms with Crippen molar-refractivity contribution in [2.45, 2.75) is 315 Å². The van der Waals surface area contributed by atoms with Crippen molar-refractivity contribution in [2.24, 2.45) is 0 Å². The predicted molar refractivity (Wildman–Crippen MR) is 285 cm³/mol. The summed E-state index contributed by atoms with van der Waals surface area (Å²) in [6, 6.07) is 0. The Hall–Kier alpha value is -2.45. The first-order valence-corrected chi connectivity index (χ1v) is 29.2. The first kappa shape index (κ1) is 63.6. The van der Waals surface area contributed by atoms with Gasteiger partial charge in [0.1, 0.15) is 6.10 Å². The highest BCUT2D eigenvalue weighted by atomic mass is 16.6. The van der Waals surface area contributed by atoms with Crippen molar-refractivity contribution in [2.75, 3.05) is 13.2 Å². The van der Waals surface area contributed by atoms with E-state index < -0.39 is 43.0 Å². The van der Waals surface area contributed by atoms with Gasteiger partial charge in [0.25, 0.3) is 0 Å². The zero-order chi connectivity index (χ0) is 49.2. The Kier molecular flexibility index (Phi) is 46.3. The van der Waals surface area contributed by atoms with Gasteiger partial charge in [-0.15, -0.1) is 0 Å². The van der Waals surface area contributed by atoms with E-state index in [1.807, 2.05) is 0 Å². The Labute approximate surface area is 419 Å². The molecule has 1 rings (SSSR count). The lowest BCUT2D eigenvalue weighted by atomic mass is 10.1. The third-order valence-electron chi connectivity index (χ3n) is 13.5. The molecule has 8 heteroatoms. The van der Waals surface area contributed by atoms with Crippen molar-refractivity contribution in [3.05, 3.63) is 36.5 Å². The molecule has 0 bridgehead atoms. The summed E-state index contributed by atoms with van der Waals surface area (Å²) in [5, 5.41) is 10.4. The van der Waals surface area contributed by atoms with Gasteiger partial charge in [-0.1, -0.05) is 211 Å². The van der Waals surface area contributed by atoms with E-state index in [0.717, 1.165) is 103 Å². The number of hydrogen-bond acceptors (Lipinski definition) is 8. The Morgan fingerprint density at radius 3 is 1.06 bits per heavy atom. The second kappa shape index (κ2) is 49.5. The lowest BCUT2D eigenvalue weighted by molar-refractivity contribution is -0.175. The average Bonchev–Trinajstić information content (AvgIpc) is 3.72. The summed E-state index contributed by atoms with van der Waals surface area (Å²) in [7, 11) is 0. The second-order valence-corrected chi connectivity index (χ2v) is 20.0. The summed E-state index contributed by atoms with van der Waals surface area (Å²) in [5.74, 6) is -1.15. The van der Waals surface area contributed by atoms with E-state index in [1.54, 1.807) is 0 Å². The number of aliphatic hydroxyl groups excluding tert-OH is 1. The minimum absolute atomic E-state index is 0.0103.